The maximum absolute atomic E-state index is 13.2. The van der Waals surface area contributed by atoms with Crippen LogP contribution in [0.1, 0.15) is 45.1 Å². The van der Waals surface area contributed by atoms with Crippen LogP contribution in [-0.4, -0.2) is 51.3 Å². The molecule has 0 heterocycles. The van der Waals surface area contributed by atoms with Crippen LogP contribution in [0.25, 0.3) is 0 Å². The van der Waals surface area contributed by atoms with Gasteiger partial charge in [-0.15, -0.1) is 0 Å². The first kappa shape index (κ1) is 26.8. The predicted molar refractivity (Wildman–Crippen MR) is 128 cm³/mol. The van der Waals surface area contributed by atoms with Crippen molar-refractivity contribution >= 4 is 16.0 Å². The average molecular weight is 479 g/mol. The third-order valence-corrected chi connectivity index (χ3v) is 6.74. The molecule has 0 bridgehead atoms. The van der Waals surface area contributed by atoms with E-state index < -0.39 is 15.9 Å². The Bertz CT molecular complexity index is 976. The Balaban J connectivity index is 2.12. The van der Waals surface area contributed by atoms with Gasteiger partial charge in [0.2, 0.25) is 5.91 Å². The summed E-state index contributed by atoms with van der Waals surface area (Å²) in [5, 5.41) is 0. The summed E-state index contributed by atoms with van der Waals surface area (Å²) in [6, 6.07) is 11.1. The Labute approximate surface area is 197 Å². The number of unbranched alkanes of at least 4 members (excludes halogenated alkanes) is 1. The minimum atomic E-state index is -4.06. The lowest BCUT2D eigenvalue weighted by molar-refractivity contribution is -0.136. The van der Waals surface area contributed by atoms with Gasteiger partial charge in [0.25, 0.3) is 0 Å². The van der Waals surface area contributed by atoms with Gasteiger partial charge in [-0.3, -0.25) is 4.79 Å². The Kier molecular flexibility index (Phi) is 10.3. The summed E-state index contributed by atoms with van der Waals surface area (Å²) in [6.45, 7) is 6.00. The number of hydrogen-bond donors (Lipinski definition) is 0. The Morgan fingerprint density at radius 2 is 1.64 bits per heavy atom. The van der Waals surface area contributed by atoms with Crippen LogP contribution in [0.5, 0.6) is 5.75 Å². The van der Waals surface area contributed by atoms with E-state index >= 15 is 0 Å². The highest BCUT2D eigenvalue weighted by Gasteiger charge is 2.23. The fraction of sp³-hybridized carbons (Fsp3) is 0.480. The molecule has 33 heavy (non-hydrogen) atoms. The fourth-order valence-corrected chi connectivity index (χ4v) is 4.38. The second-order valence-electron chi connectivity index (χ2n) is 8.45. The van der Waals surface area contributed by atoms with Gasteiger partial charge in [0.05, 0.1) is 0 Å². The van der Waals surface area contributed by atoms with Gasteiger partial charge in [-0.1, -0.05) is 38.8 Å². The molecule has 182 valence electrons. The number of hydrogen-bond acceptors (Lipinski definition) is 5. The molecule has 0 spiro atoms. The molecule has 0 aromatic heterocycles. The molecule has 0 radical (unpaired) electrons. The van der Waals surface area contributed by atoms with Crippen LogP contribution in [0.2, 0.25) is 0 Å². The lowest BCUT2D eigenvalue weighted by Crippen LogP contribution is -2.39. The number of halogens is 1. The summed E-state index contributed by atoms with van der Waals surface area (Å²) in [6.07, 6.45) is 3.79. The normalized spacial score (nSPS) is 12.5. The topological polar surface area (TPSA) is 66.9 Å². The van der Waals surface area contributed by atoms with Crippen molar-refractivity contribution in [2.75, 3.05) is 27.2 Å². The van der Waals surface area contributed by atoms with Gasteiger partial charge in [0, 0.05) is 25.6 Å². The van der Waals surface area contributed by atoms with E-state index in [4.69, 9.17) is 4.18 Å². The van der Waals surface area contributed by atoms with Gasteiger partial charge in [0.15, 0.2) is 0 Å². The van der Waals surface area contributed by atoms with E-state index in [2.05, 4.69) is 13.8 Å². The van der Waals surface area contributed by atoms with Crippen LogP contribution < -0.4 is 4.18 Å². The maximum Gasteiger partial charge on any atom is 0.339 e. The number of rotatable bonds is 13. The van der Waals surface area contributed by atoms with Crippen LogP contribution >= 0.6 is 0 Å². The SMILES string of the molecule is CCCC[C@H](CC)C(=O)N(CCN(C)C)Cc1ccc(OS(=O)(=O)c2ccc(F)cc2)cc1. The smallest absolute Gasteiger partial charge is 0.339 e. The zero-order valence-electron chi connectivity index (χ0n) is 20.0. The van der Waals surface area contributed by atoms with Crippen LogP contribution in [0.3, 0.4) is 0 Å². The van der Waals surface area contributed by atoms with E-state index in [0.29, 0.717) is 13.1 Å². The number of carbonyl (C=O) groups is 1. The molecular weight excluding hydrogens is 443 g/mol. The van der Waals surface area contributed by atoms with Crippen molar-refractivity contribution in [3.63, 3.8) is 0 Å². The molecule has 0 N–H and O–H groups in total. The van der Waals surface area contributed by atoms with Crippen LogP contribution in [-0.2, 0) is 21.5 Å². The highest BCUT2D eigenvalue weighted by molar-refractivity contribution is 7.87. The summed E-state index contributed by atoms with van der Waals surface area (Å²) < 4.78 is 43.1. The van der Waals surface area contributed by atoms with Gasteiger partial charge in [-0.05, 0) is 68.9 Å². The van der Waals surface area contributed by atoms with Crippen molar-refractivity contribution in [2.24, 2.45) is 5.92 Å². The molecule has 0 fully saturated rings. The first-order chi connectivity index (χ1) is 15.7. The highest BCUT2D eigenvalue weighted by Crippen LogP contribution is 2.22. The number of amides is 1. The van der Waals surface area contributed by atoms with Crippen LogP contribution in [0, 0.1) is 11.7 Å². The van der Waals surface area contributed by atoms with E-state index in [0.717, 1.165) is 62.1 Å². The second kappa shape index (κ2) is 12.7. The molecule has 0 unspecified atom stereocenters. The predicted octanol–water partition coefficient (Wildman–Crippen LogP) is 4.70. The zero-order chi connectivity index (χ0) is 24.4. The quantitative estimate of drug-likeness (QED) is 0.391. The van der Waals surface area contributed by atoms with Crippen molar-refractivity contribution < 1.29 is 21.8 Å². The Hall–Kier alpha value is -2.45. The molecule has 8 heteroatoms. The lowest BCUT2D eigenvalue weighted by Gasteiger charge is -2.28. The number of carbonyl (C=O) groups excluding carboxylic acids is 1. The summed E-state index contributed by atoms with van der Waals surface area (Å²) in [7, 11) is -0.104. The molecule has 6 nitrogen and oxygen atoms in total. The molecule has 0 aliphatic rings. The highest BCUT2D eigenvalue weighted by atomic mass is 32.2. The lowest BCUT2D eigenvalue weighted by atomic mass is 9.97. The summed E-state index contributed by atoms with van der Waals surface area (Å²) in [5.41, 5.74) is 0.888. The van der Waals surface area contributed by atoms with Gasteiger partial charge >= 0.3 is 10.1 Å². The first-order valence-corrected chi connectivity index (χ1v) is 12.8. The number of nitrogens with zero attached hydrogens (tertiary/aromatic N) is 2. The van der Waals surface area contributed by atoms with E-state index in [-0.39, 0.29) is 22.5 Å². The van der Waals surface area contributed by atoms with Gasteiger partial charge in [0.1, 0.15) is 16.5 Å². The van der Waals surface area contributed by atoms with Crippen molar-refractivity contribution in [2.45, 2.75) is 51.0 Å². The number of benzene rings is 2. The number of likely N-dealkylation sites (N-methyl/N-ethyl adjacent to an activating group) is 1. The molecule has 1 atom stereocenters. The third kappa shape index (κ3) is 8.44. The van der Waals surface area contributed by atoms with E-state index in [1.165, 1.54) is 0 Å². The monoisotopic (exact) mass is 478 g/mol. The summed E-state index contributed by atoms with van der Waals surface area (Å²) in [4.78, 5) is 17.0. The average Bonchev–Trinajstić information content (AvgIpc) is 2.78. The van der Waals surface area contributed by atoms with E-state index in [1.807, 2.05) is 23.9 Å². The van der Waals surface area contributed by atoms with Crippen LogP contribution in [0.4, 0.5) is 4.39 Å². The summed E-state index contributed by atoms with van der Waals surface area (Å²) >= 11 is 0. The van der Waals surface area contributed by atoms with Crippen molar-refractivity contribution in [3.8, 4) is 5.75 Å². The summed E-state index contributed by atoms with van der Waals surface area (Å²) in [5.74, 6) is -0.196. The first-order valence-electron chi connectivity index (χ1n) is 11.4. The van der Waals surface area contributed by atoms with Gasteiger partial charge in [-0.25, -0.2) is 4.39 Å². The van der Waals surface area contributed by atoms with Gasteiger partial charge in [-0.2, -0.15) is 8.42 Å². The standard InChI is InChI=1S/C25H35FN2O4S/c1-5-7-8-21(6-2)25(29)28(18-17-27(3)4)19-20-9-13-23(14-10-20)32-33(30,31)24-15-11-22(26)12-16-24/h9-16,21H,5-8,17-19H2,1-4H3/t21-/m0/s1. The second-order valence-corrected chi connectivity index (χ2v) is 9.99. The van der Waals surface area contributed by atoms with E-state index in [1.54, 1.807) is 24.3 Å². The van der Waals surface area contributed by atoms with Crippen LogP contribution in [0.15, 0.2) is 53.4 Å². The van der Waals surface area contributed by atoms with Gasteiger partial charge < -0.3 is 14.0 Å². The molecule has 0 saturated heterocycles. The Morgan fingerprint density at radius 1 is 1.00 bits per heavy atom. The molecule has 2 aromatic carbocycles. The van der Waals surface area contributed by atoms with Crippen molar-refractivity contribution in [1.29, 1.82) is 0 Å². The molecule has 1 amide bonds. The molecule has 2 aromatic rings. The van der Waals surface area contributed by atoms with Crippen molar-refractivity contribution in [3.05, 3.63) is 59.9 Å². The minimum Gasteiger partial charge on any atom is -0.379 e. The molecule has 0 aliphatic heterocycles. The molecular formula is C25H35FN2O4S. The minimum absolute atomic E-state index is 0.00979. The van der Waals surface area contributed by atoms with Crippen molar-refractivity contribution in [1.82, 2.24) is 9.80 Å². The molecule has 0 saturated carbocycles. The largest absolute Gasteiger partial charge is 0.379 e. The Morgan fingerprint density at radius 3 is 2.18 bits per heavy atom. The fourth-order valence-electron chi connectivity index (χ4n) is 3.45. The zero-order valence-corrected chi connectivity index (χ0v) is 20.8. The van der Waals surface area contributed by atoms with E-state index in [9.17, 15) is 17.6 Å². The maximum atomic E-state index is 13.2. The molecule has 2 rings (SSSR count). The molecule has 0 aliphatic carbocycles. The third-order valence-electron chi connectivity index (χ3n) is 5.48.